The number of ether oxygens (including phenoxy) is 1. The van der Waals surface area contributed by atoms with Crippen molar-refractivity contribution in [1.82, 2.24) is 5.43 Å². The molecule has 0 bridgehead atoms. The summed E-state index contributed by atoms with van der Waals surface area (Å²) in [6, 6.07) is 7.62. The van der Waals surface area contributed by atoms with Crippen molar-refractivity contribution in [3.63, 3.8) is 0 Å². The highest BCUT2D eigenvalue weighted by Crippen LogP contribution is 2.32. The van der Waals surface area contributed by atoms with Gasteiger partial charge in [-0.2, -0.15) is 5.10 Å². The van der Waals surface area contributed by atoms with Crippen molar-refractivity contribution in [3.05, 3.63) is 57.6 Å². The standard InChI is InChI=1S/C15H13N3O6/c1-24-14-7-12(18(22)23)10(6-13(14)20)8-16-17-15(21)9-2-4-11(19)5-3-9/h2-8,19-20H,1H3,(H,17,21)/b16-8+. The minimum atomic E-state index is -0.662. The molecule has 24 heavy (non-hydrogen) atoms. The van der Waals surface area contributed by atoms with Gasteiger partial charge in [-0.1, -0.05) is 0 Å². The number of aromatic hydroxyl groups is 2. The third-order valence-corrected chi connectivity index (χ3v) is 3.02. The van der Waals surface area contributed by atoms with Crippen LogP contribution in [0.5, 0.6) is 17.2 Å². The number of nitrogens with zero attached hydrogens (tertiary/aromatic N) is 2. The summed E-state index contributed by atoms with van der Waals surface area (Å²) in [5, 5.41) is 33.5. The number of nitrogens with one attached hydrogen (secondary N) is 1. The predicted octanol–water partition coefficient (Wildman–Crippen LogP) is 1.78. The number of benzene rings is 2. The highest BCUT2D eigenvalue weighted by molar-refractivity contribution is 5.95. The number of hydrogen-bond donors (Lipinski definition) is 3. The zero-order chi connectivity index (χ0) is 17.7. The van der Waals surface area contributed by atoms with Gasteiger partial charge in [0.2, 0.25) is 0 Å². The minimum absolute atomic E-state index is 0.00990. The number of amides is 1. The molecule has 0 aromatic heterocycles. The third-order valence-electron chi connectivity index (χ3n) is 3.02. The first-order valence-corrected chi connectivity index (χ1v) is 6.60. The second kappa shape index (κ2) is 7.09. The van der Waals surface area contributed by atoms with E-state index in [-0.39, 0.29) is 34.1 Å². The SMILES string of the molecule is COc1cc([N+](=O)[O-])c(/C=N/NC(=O)c2ccc(O)cc2)cc1O. The number of nitro groups is 1. The van der Waals surface area contributed by atoms with E-state index in [1.54, 1.807) is 0 Å². The monoisotopic (exact) mass is 331 g/mol. The number of phenolic OH excluding ortho intramolecular Hbond substituents is 2. The molecule has 0 saturated carbocycles. The zero-order valence-corrected chi connectivity index (χ0v) is 12.5. The maximum Gasteiger partial charge on any atom is 0.282 e. The van der Waals surface area contributed by atoms with E-state index < -0.39 is 10.8 Å². The normalized spacial score (nSPS) is 10.5. The largest absolute Gasteiger partial charge is 0.508 e. The Labute approximate surface area is 136 Å². The Morgan fingerprint density at radius 1 is 1.29 bits per heavy atom. The van der Waals surface area contributed by atoms with Crippen molar-refractivity contribution < 1.29 is 24.7 Å². The molecule has 0 spiro atoms. The second-order valence-corrected chi connectivity index (χ2v) is 4.59. The molecule has 1 amide bonds. The van der Waals surface area contributed by atoms with Crippen LogP contribution in [0.25, 0.3) is 0 Å². The summed E-state index contributed by atoms with van der Waals surface area (Å²) in [5.74, 6) is -0.896. The topological polar surface area (TPSA) is 134 Å². The molecule has 2 aromatic rings. The van der Waals surface area contributed by atoms with E-state index in [1.165, 1.54) is 31.4 Å². The lowest BCUT2D eigenvalue weighted by Gasteiger charge is -2.05. The van der Waals surface area contributed by atoms with E-state index in [0.717, 1.165) is 18.3 Å². The summed E-state index contributed by atoms with van der Waals surface area (Å²) in [5.41, 5.74) is 2.09. The van der Waals surface area contributed by atoms with Crippen LogP contribution in [0.4, 0.5) is 5.69 Å². The number of rotatable bonds is 5. The van der Waals surface area contributed by atoms with Crippen LogP contribution in [-0.2, 0) is 0 Å². The van der Waals surface area contributed by atoms with Gasteiger partial charge in [0.15, 0.2) is 11.5 Å². The minimum Gasteiger partial charge on any atom is -0.508 e. The number of phenols is 2. The molecule has 0 aliphatic heterocycles. The lowest BCUT2D eigenvalue weighted by Crippen LogP contribution is -2.17. The molecule has 0 radical (unpaired) electrons. The van der Waals surface area contributed by atoms with E-state index in [0.29, 0.717) is 0 Å². The fourth-order valence-electron chi connectivity index (χ4n) is 1.84. The molecule has 124 valence electrons. The summed E-state index contributed by atoms with van der Waals surface area (Å²) in [7, 11) is 1.27. The van der Waals surface area contributed by atoms with Crippen LogP contribution in [0.1, 0.15) is 15.9 Å². The molecule has 0 saturated heterocycles. The Hall–Kier alpha value is -3.62. The summed E-state index contributed by atoms with van der Waals surface area (Å²) >= 11 is 0. The van der Waals surface area contributed by atoms with Crippen molar-refractivity contribution in [2.24, 2.45) is 5.10 Å². The highest BCUT2D eigenvalue weighted by atomic mass is 16.6. The molecule has 2 aromatic carbocycles. The fraction of sp³-hybridized carbons (Fsp3) is 0.0667. The van der Waals surface area contributed by atoms with Crippen molar-refractivity contribution in [2.45, 2.75) is 0 Å². The van der Waals surface area contributed by atoms with Crippen LogP contribution >= 0.6 is 0 Å². The first-order valence-electron chi connectivity index (χ1n) is 6.60. The molecular weight excluding hydrogens is 318 g/mol. The number of nitro benzene ring substituents is 1. The Balaban J connectivity index is 2.19. The van der Waals surface area contributed by atoms with Gasteiger partial charge in [0, 0.05) is 5.56 Å². The number of carbonyl (C=O) groups excluding carboxylic acids is 1. The average molecular weight is 331 g/mol. The van der Waals surface area contributed by atoms with Crippen LogP contribution in [0, 0.1) is 10.1 Å². The molecule has 9 heteroatoms. The summed E-state index contributed by atoms with van der Waals surface area (Å²) in [4.78, 5) is 22.2. The zero-order valence-electron chi connectivity index (χ0n) is 12.5. The van der Waals surface area contributed by atoms with Gasteiger partial charge in [-0.05, 0) is 30.3 Å². The van der Waals surface area contributed by atoms with Crippen molar-refractivity contribution in [3.8, 4) is 17.2 Å². The highest BCUT2D eigenvalue weighted by Gasteiger charge is 2.17. The van der Waals surface area contributed by atoms with Gasteiger partial charge in [0.05, 0.1) is 29.9 Å². The maximum atomic E-state index is 11.8. The van der Waals surface area contributed by atoms with Gasteiger partial charge in [-0.25, -0.2) is 5.43 Å². The molecule has 2 rings (SSSR count). The Morgan fingerprint density at radius 2 is 1.96 bits per heavy atom. The molecule has 0 aliphatic carbocycles. The van der Waals surface area contributed by atoms with Gasteiger partial charge < -0.3 is 14.9 Å². The lowest BCUT2D eigenvalue weighted by molar-refractivity contribution is -0.385. The van der Waals surface area contributed by atoms with Crippen LogP contribution in [-0.4, -0.2) is 34.4 Å². The summed E-state index contributed by atoms with van der Waals surface area (Å²) in [6.45, 7) is 0. The van der Waals surface area contributed by atoms with Crippen LogP contribution in [0.15, 0.2) is 41.5 Å². The van der Waals surface area contributed by atoms with Crippen LogP contribution < -0.4 is 10.2 Å². The number of hydrazone groups is 1. The van der Waals surface area contributed by atoms with Crippen molar-refractivity contribution in [1.29, 1.82) is 0 Å². The third kappa shape index (κ3) is 3.77. The van der Waals surface area contributed by atoms with Gasteiger partial charge >= 0.3 is 0 Å². The smallest absolute Gasteiger partial charge is 0.282 e. The van der Waals surface area contributed by atoms with Crippen molar-refractivity contribution in [2.75, 3.05) is 7.11 Å². The van der Waals surface area contributed by atoms with E-state index in [9.17, 15) is 20.0 Å². The molecular formula is C15H13N3O6. The molecule has 0 fully saturated rings. The van der Waals surface area contributed by atoms with Crippen LogP contribution in [0.2, 0.25) is 0 Å². The lowest BCUT2D eigenvalue weighted by atomic mass is 10.1. The molecule has 3 N–H and O–H groups in total. The number of hydrogen-bond acceptors (Lipinski definition) is 7. The number of carbonyl (C=O) groups is 1. The van der Waals surface area contributed by atoms with Crippen LogP contribution in [0.3, 0.4) is 0 Å². The average Bonchev–Trinajstić information content (AvgIpc) is 2.55. The fourth-order valence-corrected chi connectivity index (χ4v) is 1.84. The molecule has 0 atom stereocenters. The van der Waals surface area contributed by atoms with Gasteiger partial charge in [-0.15, -0.1) is 0 Å². The molecule has 0 heterocycles. The van der Waals surface area contributed by atoms with Gasteiger partial charge in [0.25, 0.3) is 11.6 Å². The summed E-state index contributed by atoms with van der Waals surface area (Å²) in [6.07, 6.45) is 1.04. The Kier molecular flexibility index (Phi) is 4.95. The molecule has 0 unspecified atom stereocenters. The van der Waals surface area contributed by atoms with E-state index >= 15 is 0 Å². The van der Waals surface area contributed by atoms with Gasteiger partial charge in [0.1, 0.15) is 5.75 Å². The van der Waals surface area contributed by atoms with E-state index in [2.05, 4.69) is 10.5 Å². The first kappa shape index (κ1) is 16.7. The Bertz CT molecular complexity index is 802. The second-order valence-electron chi connectivity index (χ2n) is 4.59. The molecule has 0 aliphatic rings. The van der Waals surface area contributed by atoms with Gasteiger partial charge in [-0.3, -0.25) is 14.9 Å². The van der Waals surface area contributed by atoms with Crippen molar-refractivity contribution >= 4 is 17.8 Å². The number of methoxy groups -OCH3 is 1. The Morgan fingerprint density at radius 3 is 2.54 bits per heavy atom. The summed E-state index contributed by atoms with van der Waals surface area (Å²) < 4.78 is 4.81. The van der Waals surface area contributed by atoms with E-state index in [1.807, 2.05) is 0 Å². The predicted molar refractivity (Wildman–Crippen MR) is 84.5 cm³/mol. The first-order chi connectivity index (χ1) is 11.4. The maximum absolute atomic E-state index is 11.8. The molecule has 9 nitrogen and oxygen atoms in total. The van der Waals surface area contributed by atoms with E-state index in [4.69, 9.17) is 9.84 Å². The quantitative estimate of drug-likeness (QED) is 0.434.